The van der Waals surface area contributed by atoms with Crippen molar-refractivity contribution in [1.82, 2.24) is 9.80 Å². The molecule has 1 amide bonds. The fraction of sp³-hybridized carbons (Fsp3) is 0.480. The minimum absolute atomic E-state index is 0.157. The number of nitrogens with zero attached hydrogens (tertiary/aromatic N) is 2. The van der Waals surface area contributed by atoms with E-state index in [-0.39, 0.29) is 11.9 Å². The van der Waals surface area contributed by atoms with Gasteiger partial charge in [-0.2, -0.15) is 0 Å². The lowest BCUT2D eigenvalue weighted by molar-refractivity contribution is -0.133. The van der Waals surface area contributed by atoms with Gasteiger partial charge in [0.1, 0.15) is 11.5 Å². The zero-order valence-electron chi connectivity index (χ0n) is 19.3. The first kappa shape index (κ1) is 22.3. The Morgan fingerprint density at radius 3 is 2.31 bits per heavy atom. The van der Waals surface area contributed by atoms with Crippen LogP contribution in [-0.2, 0) is 17.8 Å². The molecule has 1 unspecified atom stereocenters. The Labute approximate surface area is 189 Å². The molecule has 32 heavy (non-hydrogen) atoms. The highest BCUT2D eigenvalue weighted by molar-refractivity contribution is 5.79. The van der Waals surface area contributed by atoms with Crippen molar-refractivity contribution in [2.75, 3.05) is 48.1 Å². The molecule has 0 N–H and O–H groups in total. The van der Waals surface area contributed by atoms with Crippen LogP contribution in [0.15, 0.2) is 30.3 Å². The van der Waals surface area contributed by atoms with Crippen LogP contribution in [0.4, 0.5) is 0 Å². The van der Waals surface area contributed by atoms with Crippen LogP contribution in [-0.4, -0.2) is 63.8 Å². The Balaban J connectivity index is 1.47. The summed E-state index contributed by atoms with van der Waals surface area (Å²) in [7, 11) is 6.61. The van der Waals surface area contributed by atoms with Crippen molar-refractivity contribution in [3.63, 3.8) is 0 Å². The number of likely N-dealkylation sites (tertiary alicyclic amines) is 1. The number of carbonyl (C=O) groups is 1. The summed E-state index contributed by atoms with van der Waals surface area (Å²) >= 11 is 0. The highest BCUT2D eigenvalue weighted by Crippen LogP contribution is 2.39. The van der Waals surface area contributed by atoms with Gasteiger partial charge in [-0.15, -0.1) is 0 Å². The lowest BCUT2D eigenvalue weighted by atomic mass is 9.98. The molecule has 2 aromatic carbocycles. The Hall–Kier alpha value is -2.93. The SMILES string of the molecule is COc1ccc(C2CCCN2CC(=O)N2CCc3cc(OC)c(OC)cc3C2)c(OC)c1. The van der Waals surface area contributed by atoms with Crippen molar-refractivity contribution in [3.8, 4) is 23.0 Å². The summed E-state index contributed by atoms with van der Waals surface area (Å²) in [5, 5.41) is 0. The Kier molecular flexibility index (Phi) is 6.74. The molecule has 0 aliphatic carbocycles. The van der Waals surface area contributed by atoms with Crippen LogP contribution in [0.25, 0.3) is 0 Å². The van der Waals surface area contributed by atoms with Gasteiger partial charge in [-0.1, -0.05) is 6.07 Å². The fourth-order valence-corrected chi connectivity index (χ4v) is 4.83. The van der Waals surface area contributed by atoms with E-state index in [2.05, 4.69) is 11.0 Å². The lowest BCUT2D eigenvalue weighted by Gasteiger charge is -2.32. The van der Waals surface area contributed by atoms with Crippen molar-refractivity contribution in [3.05, 3.63) is 47.0 Å². The molecule has 1 atom stereocenters. The second-order valence-corrected chi connectivity index (χ2v) is 8.28. The van der Waals surface area contributed by atoms with Gasteiger partial charge in [0, 0.05) is 30.8 Å². The molecule has 0 spiro atoms. The molecule has 2 aliphatic rings. The van der Waals surface area contributed by atoms with E-state index < -0.39 is 0 Å². The summed E-state index contributed by atoms with van der Waals surface area (Å²) in [5.41, 5.74) is 3.45. The number of ether oxygens (including phenoxy) is 4. The number of methoxy groups -OCH3 is 4. The molecule has 2 aromatic rings. The molecule has 1 fully saturated rings. The van der Waals surface area contributed by atoms with E-state index in [0.717, 1.165) is 54.2 Å². The van der Waals surface area contributed by atoms with Crippen LogP contribution in [0.3, 0.4) is 0 Å². The molecule has 4 rings (SSSR count). The number of amides is 1. The zero-order chi connectivity index (χ0) is 22.7. The summed E-state index contributed by atoms with van der Waals surface area (Å²) in [6.45, 7) is 2.62. The summed E-state index contributed by atoms with van der Waals surface area (Å²) in [6, 6.07) is 10.1. The van der Waals surface area contributed by atoms with Gasteiger partial charge in [-0.25, -0.2) is 0 Å². The quantitative estimate of drug-likeness (QED) is 0.657. The number of hydrogen-bond acceptors (Lipinski definition) is 6. The average Bonchev–Trinajstić information content (AvgIpc) is 3.29. The monoisotopic (exact) mass is 440 g/mol. The van der Waals surface area contributed by atoms with Crippen molar-refractivity contribution < 1.29 is 23.7 Å². The molecule has 0 saturated carbocycles. The third-order valence-corrected chi connectivity index (χ3v) is 6.57. The van der Waals surface area contributed by atoms with Crippen LogP contribution < -0.4 is 18.9 Å². The van der Waals surface area contributed by atoms with Gasteiger partial charge in [-0.05, 0) is 55.1 Å². The summed E-state index contributed by atoms with van der Waals surface area (Å²) in [6.07, 6.45) is 2.89. The molecule has 0 bridgehead atoms. The molecule has 2 heterocycles. The largest absolute Gasteiger partial charge is 0.497 e. The number of rotatable bonds is 7. The number of hydrogen-bond donors (Lipinski definition) is 0. The molecule has 0 radical (unpaired) electrons. The van der Waals surface area contributed by atoms with Crippen LogP contribution in [0.5, 0.6) is 23.0 Å². The van der Waals surface area contributed by atoms with Crippen molar-refractivity contribution in [1.29, 1.82) is 0 Å². The number of benzene rings is 2. The van der Waals surface area contributed by atoms with E-state index in [0.29, 0.717) is 25.4 Å². The Morgan fingerprint density at radius 1 is 0.906 bits per heavy atom. The molecule has 172 valence electrons. The van der Waals surface area contributed by atoms with Crippen molar-refractivity contribution in [2.24, 2.45) is 0 Å². The van der Waals surface area contributed by atoms with Gasteiger partial charge >= 0.3 is 0 Å². The Morgan fingerprint density at radius 2 is 1.62 bits per heavy atom. The van der Waals surface area contributed by atoms with Crippen LogP contribution in [0.2, 0.25) is 0 Å². The van der Waals surface area contributed by atoms with Gasteiger partial charge in [-0.3, -0.25) is 9.69 Å². The molecule has 0 aromatic heterocycles. The van der Waals surface area contributed by atoms with E-state index in [1.54, 1.807) is 28.4 Å². The second-order valence-electron chi connectivity index (χ2n) is 8.28. The minimum Gasteiger partial charge on any atom is -0.497 e. The molecule has 1 saturated heterocycles. The third-order valence-electron chi connectivity index (χ3n) is 6.57. The molecule has 7 nitrogen and oxygen atoms in total. The summed E-state index contributed by atoms with van der Waals surface area (Å²) < 4.78 is 21.8. The minimum atomic E-state index is 0.157. The maximum atomic E-state index is 13.3. The number of fused-ring (bicyclic) bond motifs is 1. The van der Waals surface area contributed by atoms with Crippen LogP contribution in [0.1, 0.15) is 35.6 Å². The normalized spacial score (nSPS) is 18.2. The van der Waals surface area contributed by atoms with Crippen molar-refractivity contribution >= 4 is 5.91 Å². The predicted molar refractivity (Wildman–Crippen MR) is 122 cm³/mol. The van der Waals surface area contributed by atoms with Crippen molar-refractivity contribution in [2.45, 2.75) is 31.8 Å². The third kappa shape index (κ3) is 4.35. The predicted octanol–water partition coefficient (Wildman–Crippen LogP) is 3.44. The molecular weight excluding hydrogens is 408 g/mol. The lowest BCUT2D eigenvalue weighted by Crippen LogP contribution is -2.42. The van der Waals surface area contributed by atoms with Gasteiger partial charge in [0.2, 0.25) is 5.91 Å². The number of carbonyl (C=O) groups excluding carboxylic acids is 1. The second kappa shape index (κ2) is 9.69. The summed E-state index contributed by atoms with van der Waals surface area (Å²) in [4.78, 5) is 17.5. The fourth-order valence-electron chi connectivity index (χ4n) is 4.83. The van der Waals surface area contributed by atoms with Crippen LogP contribution >= 0.6 is 0 Å². The standard InChI is InChI=1S/C25H32N2O5/c1-29-19-7-8-20(22(14-19)30-2)21-6-5-10-26(21)16-25(28)27-11-9-17-12-23(31-3)24(32-4)13-18(17)15-27/h7-8,12-14,21H,5-6,9-11,15-16H2,1-4H3. The van der Waals surface area contributed by atoms with Gasteiger partial charge in [0.25, 0.3) is 0 Å². The first-order valence-electron chi connectivity index (χ1n) is 11.1. The highest BCUT2D eigenvalue weighted by Gasteiger charge is 2.32. The molecular formula is C25H32N2O5. The molecule has 2 aliphatic heterocycles. The van der Waals surface area contributed by atoms with E-state index >= 15 is 0 Å². The summed E-state index contributed by atoms with van der Waals surface area (Å²) in [5.74, 6) is 3.17. The van der Waals surface area contributed by atoms with Crippen LogP contribution in [0, 0.1) is 0 Å². The first-order valence-corrected chi connectivity index (χ1v) is 11.1. The smallest absolute Gasteiger partial charge is 0.237 e. The van der Waals surface area contributed by atoms with E-state index in [4.69, 9.17) is 18.9 Å². The van der Waals surface area contributed by atoms with E-state index in [1.807, 2.05) is 29.2 Å². The maximum Gasteiger partial charge on any atom is 0.237 e. The average molecular weight is 441 g/mol. The van der Waals surface area contributed by atoms with Gasteiger partial charge < -0.3 is 23.8 Å². The molecule has 7 heteroatoms. The first-order chi connectivity index (χ1) is 15.6. The van der Waals surface area contributed by atoms with Gasteiger partial charge in [0.15, 0.2) is 11.5 Å². The zero-order valence-corrected chi connectivity index (χ0v) is 19.3. The Bertz CT molecular complexity index is 977. The van der Waals surface area contributed by atoms with Gasteiger partial charge in [0.05, 0.1) is 35.0 Å². The maximum absolute atomic E-state index is 13.3. The highest BCUT2D eigenvalue weighted by atomic mass is 16.5. The van der Waals surface area contributed by atoms with E-state index in [1.165, 1.54) is 5.56 Å². The van der Waals surface area contributed by atoms with E-state index in [9.17, 15) is 4.79 Å². The topological polar surface area (TPSA) is 60.5 Å².